The fraction of sp³-hybridized carbons (Fsp3) is 0.417. The number of aryl methyl sites for hydroxylation is 2. The third kappa shape index (κ3) is 7.28. The van der Waals surface area contributed by atoms with Crippen molar-refractivity contribution in [3.05, 3.63) is 58.7 Å². The number of ether oxygens (including phenoxy) is 2. The molecule has 0 spiro atoms. The number of benzene rings is 2. The van der Waals surface area contributed by atoms with E-state index in [4.69, 9.17) is 15.2 Å². The Bertz CT molecular complexity index is 1090. The second-order valence-corrected chi connectivity index (χ2v) is 10.2. The minimum atomic E-state index is -3.72. The molecule has 0 saturated heterocycles. The molecule has 0 atom stereocenters. The molecule has 2 aromatic carbocycles. The van der Waals surface area contributed by atoms with Crippen molar-refractivity contribution < 1.29 is 27.5 Å². The van der Waals surface area contributed by atoms with Crippen LogP contribution in [-0.4, -0.2) is 70.4 Å². The standard InChI is InChI=1S/C24H33N3O6S/c1-17-12-21(32-5)13-18(2)24(17)34(30,31)27(4)10-11-33-16-23(29)26(3)15-20-8-6-19(7-9-20)14-22(25)28/h6-9,12-13H,10-11,14-16H2,1-5H3,(H2,25,28). The van der Waals surface area contributed by atoms with Crippen molar-refractivity contribution in [3.8, 4) is 5.75 Å². The number of nitrogens with two attached hydrogens (primary N) is 1. The van der Waals surface area contributed by atoms with Crippen molar-refractivity contribution in [3.63, 3.8) is 0 Å². The lowest BCUT2D eigenvalue weighted by Gasteiger charge is -2.21. The lowest BCUT2D eigenvalue weighted by atomic mass is 10.1. The molecule has 34 heavy (non-hydrogen) atoms. The Morgan fingerprint density at radius 2 is 1.56 bits per heavy atom. The fourth-order valence-electron chi connectivity index (χ4n) is 3.50. The van der Waals surface area contributed by atoms with Gasteiger partial charge in [0.1, 0.15) is 12.4 Å². The van der Waals surface area contributed by atoms with Crippen LogP contribution in [0.4, 0.5) is 0 Å². The van der Waals surface area contributed by atoms with Crippen LogP contribution in [0, 0.1) is 13.8 Å². The maximum Gasteiger partial charge on any atom is 0.248 e. The highest BCUT2D eigenvalue weighted by Gasteiger charge is 2.25. The number of hydrogen-bond donors (Lipinski definition) is 1. The average Bonchev–Trinajstić information content (AvgIpc) is 2.76. The lowest BCUT2D eigenvalue weighted by molar-refractivity contribution is -0.135. The van der Waals surface area contributed by atoms with Gasteiger partial charge in [-0.1, -0.05) is 24.3 Å². The van der Waals surface area contributed by atoms with Crippen LogP contribution >= 0.6 is 0 Å². The monoisotopic (exact) mass is 491 g/mol. The van der Waals surface area contributed by atoms with E-state index in [1.54, 1.807) is 45.2 Å². The third-order valence-electron chi connectivity index (χ3n) is 5.36. The maximum absolute atomic E-state index is 13.0. The number of hydrogen-bond acceptors (Lipinski definition) is 6. The van der Waals surface area contributed by atoms with Gasteiger partial charge >= 0.3 is 0 Å². The minimum Gasteiger partial charge on any atom is -0.497 e. The van der Waals surface area contributed by atoms with Crippen molar-refractivity contribution in [2.24, 2.45) is 5.73 Å². The molecule has 2 aromatic rings. The van der Waals surface area contributed by atoms with E-state index >= 15 is 0 Å². The molecule has 0 aliphatic rings. The summed E-state index contributed by atoms with van der Waals surface area (Å²) in [5, 5.41) is 0. The van der Waals surface area contributed by atoms with Gasteiger partial charge in [-0.3, -0.25) is 9.59 Å². The van der Waals surface area contributed by atoms with Crippen LogP contribution in [0.1, 0.15) is 22.3 Å². The van der Waals surface area contributed by atoms with Gasteiger partial charge in [0.15, 0.2) is 0 Å². The Balaban J connectivity index is 1.85. The number of carbonyl (C=O) groups is 2. The summed E-state index contributed by atoms with van der Waals surface area (Å²) in [6.07, 6.45) is 0.171. The van der Waals surface area contributed by atoms with Gasteiger partial charge in [-0.2, -0.15) is 4.31 Å². The number of amides is 2. The second-order valence-electron chi connectivity index (χ2n) is 8.18. The molecule has 0 radical (unpaired) electrons. The Kier molecular flexibility index (Phi) is 9.60. The summed E-state index contributed by atoms with van der Waals surface area (Å²) in [7, 11) is 0.959. The van der Waals surface area contributed by atoms with Gasteiger partial charge in [0.05, 0.1) is 25.0 Å². The normalized spacial score (nSPS) is 11.5. The zero-order valence-corrected chi connectivity index (χ0v) is 21.1. The minimum absolute atomic E-state index is 0.0748. The largest absolute Gasteiger partial charge is 0.497 e. The first kappa shape index (κ1) is 27.3. The van der Waals surface area contributed by atoms with Crippen LogP contribution in [0.5, 0.6) is 5.75 Å². The van der Waals surface area contributed by atoms with Gasteiger partial charge in [-0.25, -0.2) is 8.42 Å². The SMILES string of the molecule is COc1cc(C)c(S(=O)(=O)N(C)CCOCC(=O)N(C)Cc2ccc(CC(N)=O)cc2)c(C)c1. The molecular weight excluding hydrogens is 458 g/mol. The summed E-state index contributed by atoms with van der Waals surface area (Å²) >= 11 is 0. The van der Waals surface area contributed by atoms with E-state index in [0.717, 1.165) is 11.1 Å². The number of nitrogens with zero attached hydrogens (tertiary/aromatic N) is 2. The molecule has 0 aliphatic carbocycles. The molecule has 2 N–H and O–H groups in total. The number of sulfonamides is 1. The molecule has 9 nitrogen and oxygen atoms in total. The number of primary amides is 1. The van der Waals surface area contributed by atoms with E-state index < -0.39 is 15.9 Å². The lowest BCUT2D eigenvalue weighted by Crippen LogP contribution is -2.33. The van der Waals surface area contributed by atoms with Crippen molar-refractivity contribution >= 4 is 21.8 Å². The maximum atomic E-state index is 13.0. The van der Waals surface area contributed by atoms with Crippen molar-refractivity contribution in [2.45, 2.75) is 31.7 Å². The summed E-state index contributed by atoms with van der Waals surface area (Å²) in [6.45, 7) is 3.85. The van der Waals surface area contributed by atoms with Crippen molar-refractivity contribution in [2.75, 3.05) is 41.0 Å². The Morgan fingerprint density at radius 1 is 1.00 bits per heavy atom. The van der Waals surface area contributed by atoms with E-state index in [0.29, 0.717) is 23.4 Å². The van der Waals surface area contributed by atoms with Crippen LogP contribution < -0.4 is 10.5 Å². The first-order chi connectivity index (χ1) is 15.9. The van der Waals surface area contributed by atoms with Gasteiger partial charge in [-0.05, 0) is 48.2 Å². The quantitative estimate of drug-likeness (QED) is 0.451. The topological polar surface area (TPSA) is 119 Å². The highest BCUT2D eigenvalue weighted by atomic mass is 32.2. The molecule has 0 saturated carbocycles. The molecule has 2 amide bonds. The number of likely N-dealkylation sites (N-methyl/N-ethyl adjacent to an activating group) is 2. The molecule has 0 unspecified atom stereocenters. The molecule has 0 aromatic heterocycles. The molecule has 0 aliphatic heterocycles. The predicted molar refractivity (Wildman–Crippen MR) is 129 cm³/mol. The Labute approximate surface area is 201 Å². The molecule has 186 valence electrons. The van der Waals surface area contributed by atoms with Gasteiger partial charge in [0, 0.05) is 27.2 Å². The average molecular weight is 492 g/mol. The van der Waals surface area contributed by atoms with Gasteiger partial charge < -0.3 is 20.1 Å². The number of carbonyl (C=O) groups excluding carboxylic acids is 2. The van der Waals surface area contributed by atoms with Gasteiger partial charge in [0.25, 0.3) is 0 Å². The number of methoxy groups -OCH3 is 1. The van der Waals surface area contributed by atoms with Crippen LogP contribution in [0.15, 0.2) is 41.3 Å². The molecule has 0 heterocycles. The Morgan fingerprint density at radius 3 is 2.09 bits per heavy atom. The molecule has 2 rings (SSSR count). The fourth-order valence-corrected chi connectivity index (χ4v) is 5.06. The summed E-state index contributed by atoms with van der Waals surface area (Å²) in [5.74, 6) is -0.0253. The van der Waals surface area contributed by atoms with E-state index in [2.05, 4.69) is 0 Å². The third-order valence-corrected chi connectivity index (χ3v) is 7.52. The summed E-state index contributed by atoms with van der Waals surface area (Å²) < 4.78 is 37.9. The predicted octanol–water partition coefficient (Wildman–Crippen LogP) is 1.64. The molecular formula is C24H33N3O6S. The Hall–Kier alpha value is -2.95. The second kappa shape index (κ2) is 12.0. The van der Waals surface area contributed by atoms with E-state index in [-0.39, 0.29) is 37.0 Å². The van der Waals surface area contributed by atoms with E-state index in [9.17, 15) is 18.0 Å². The first-order valence-electron chi connectivity index (χ1n) is 10.7. The van der Waals surface area contributed by atoms with Crippen molar-refractivity contribution in [1.29, 1.82) is 0 Å². The molecule has 10 heteroatoms. The van der Waals surface area contributed by atoms with Gasteiger partial charge in [0.2, 0.25) is 21.8 Å². The summed E-state index contributed by atoms with van der Waals surface area (Å²) in [5.41, 5.74) is 8.11. The summed E-state index contributed by atoms with van der Waals surface area (Å²) in [6, 6.07) is 10.7. The first-order valence-corrected chi connectivity index (χ1v) is 12.2. The van der Waals surface area contributed by atoms with Crippen molar-refractivity contribution in [1.82, 2.24) is 9.21 Å². The van der Waals surface area contributed by atoms with Crippen LogP contribution in [0.2, 0.25) is 0 Å². The molecule has 0 bridgehead atoms. The zero-order valence-electron chi connectivity index (χ0n) is 20.3. The van der Waals surface area contributed by atoms with Crippen LogP contribution in [-0.2, 0) is 37.3 Å². The highest BCUT2D eigenvalue weighted by molar-refractivity contribution is 7.89. The van der Waals surface area contributed by atoms with Crippen LogP contribution in [0.3, 0.4) is 0 Å². The van der Waals surface area contributed by atoms with Gasteiger partial charge in [-0.15, -0.1) is 0 Å². The smallest absolute Gasteiger partial charge is 0.248 e. The number of rotatable bonds is 12. The molecule has 0 fully saturated rings. The van der Waals surface area contributed by atoms with E-state index in [1.165, 1.54) is 23.4 Å². The van der Waals surface area contributed by atoms with E-state index in [1.807, 2.05) is 12.1 Å². The zero-order chi connectivity index (χ0) is 25.5. The highest BCUT2D eigenvalue weighted by Crippen LogP contribution is 2.27. The summed E-state index contributed by atoms with van der Waals surface area (Å²) in [4.78, 5) is 25.1. The van der Waals surface area contributed by atoms with Crippen LogP contribution in [0.25, 0.3) is 0 Å².